The number of rotatable bonds is 4. The third-order valence-electron chi connectivity index (χ3n) is 5.41. The van der Waals surface area contributed by atoms with Crippen LogP contribution in [0.5, 0.6) is 0 Å². The second-order valence-electron chi connectivity index (χ2n) is 6.51. The molecule has 3 fully saturated rings. The molecule has 0 spiro atoms. The molecule has 4 rings (SSSR count). The van der Waals surface area contributed by atoms with Crippen molar-refractivity contribution in [2.75, 3.05) is 26.1 Å². The molecule has 22 heavy (non-hydrogen) atoms. The minimum Gasteiger partial charge on any atom is -0.379 e. The summed E-state index contributed by atoms with van der Waals surface area (Å²) < 4.78 is 10.7. The fourth-order valence-electron chi connectivity index (χ4n) is 4.70. The van der Waals surface area contributed by atoms with Crippen LogP contribution in [0.1, 0.15) is 18.5 Å². The fourth-order valence-corrected chi connectivity index (χ4v) is 5.38. The van der Waals surface area contributed by atoms with Crippen LogP contribution in [-0.2, 0) is 16.1 Å². The van der Waals surface area contributed by atoms with Gasteiger partial charge in [0.2, 0.25) is 0 Å². The van der Waals surface area contributed by atoms with Crippen LogP contribution in [0.4, 0.5) is 9.93 Å². The van der Waals surface area contributed by atoms with E-state index in [4.69, 9.17) is 9.47 Å². The van der Waals surface area contributed by atoms with Gasteiger partial charge < -0.3 is 14.4 Å². The first-order valence-electron chi connectivity index (χ1n) is 7.75. The Kier molecular flexibility index (Phi) is 3.58. The number of amides is 2. The lowest BCUT2D eigenvalue weighted by Gasteiger charge is -2.31. The van der Waals surface area contributed by atoms with Gasteiger partial charge in [-0.15, -0.1) is 11.3 Å². The lowest BCUT2D eigenvalue weighted by atomic mass is 9.88. The average Bonchev–Trinajstić information content (AvgIpc) is 3.20. The molecule has 3 aliphatic rings. The number of carbonyl (C=O) groups excluding carboxylic acids is 1. The monoisotopic (exact) mass is 323 g/mol. The van der Waals surface area contributed by atoms with Gasteiger partial charge in [0.05, 0.1) is 24.4 Å². The molecule has 0 unspecified atom stereocenters. The zero-order valence-electron chi connectivity index (χ0n) is 12.8. The normalized spacial score (nSPS) is 35.4. The predicted molar refractivity (Wildman–Crippen MR) is 82.8 cm³/mol. The number of nitrogens with zero attached hydrogens (tertiary/aromatic N) is 2. The Labute approximate surface area is 133 Å². The fraction of sp³-hybridized carbons (Fsp3) is 0.733. The number of urea groups is 1. The summed E-state index contributed by atoms with van der Waals surface area (Å²) in [5.41, 5.74) is 0.847. The Morgan fingerprint density at radius 1 is 1.45 bits per heavy atom. The van der Waals surface area contributed by atoms with E-state index in [0.29, 0.717) is 29.5 Å². The maximum Gasteiger partial charge on any atom is 0.324 e. The molecule has 1 aromatic rings. The van der Waals surface area contributed by atoms with Crippen LogP contribution in [0.25, 0.3) is 0 Å². The number of hydrogen-bond donors (Lipinski definition) is 1. The lowest BCUT2D eigenvalue weighted by molar-refractivity contribution is 0.0202. The van der Waals surface area contributed by atoms with E-state index in [1.807, 2.05) is 10.3 Å². The second-order valence-corrected chi connectivity index (χ2v) is 7.36. The molecular weight excluding hydrogens is 302 g/mol. The highest BCUT2D eigenvalue weighted by atomic mass is 32.1. The molecule has 120 valence electrons. The Bertz CT molecular complexity index is 576. The van der Waals surface area contributed by atoms with Crippen molar-refractivity contribution in [1.82, 2.24) is 9.88 Å². The van der Waals surface area contributed by atoms with Gasteiger partial charge in [-0.25, -0.2) is 9.78 Å². The second kappa shape index (κ2) is 5.47. The number of fused-ring (bicyclic) bond motifs is 1. The smallest absolute Gasteiger partial charge is 0.324 e. The Morgan fingerprint density at radius 3 is 3.09 bits per heavy atom. The highest BCUT2D eigenvalue weighted by molar-refractivity contribution is 7.13. The van der Waals surface area contributed by atoms with Crippen LogP contribution >= 0.6 is 11.3 Å². The Morgan fingerprint density at radius 2 is 2.32 bits per heavy atom. The van der Waals surface area contributed by atoms with Gasteiger partial charge in [0.25, 0.3) is 0 Å². The van der Waals surface area contributed by atoms with E-state index in [9.17, 15) is 4.79 Å². The molecule has 7 heteroatoms. The summed E-state index contributed by atoms with van der Waals surface area (Å²) >= 11 is 1.44. The number of thiazole rings is 1. The molecule has 1 N–H and O–H groups in total. The van der Waals surface area contributed by atoms with Crippen LogP contribution in [0.2, 0.25) is 0 Å². The molecule has 2 heterocycles. The lowest BCUT2D eigenvalue weighted by Crippen LogP contribution is -2.46. The maximum atomic E-state index is 12.6. The third kappa shape index (κ3) is 2.14. The molecule has 0 aromatic carbocycles. The number of nitrogens with one attached hydrogen (secondary N) is 1. The van der Waals surface area contributed by atoms with Crippen LogP contribution < -0.4 is 5.32 Å². The standard InChI is InChI=1S/C15H21N3O3S/c1-20-6-10-7-22-14(16-10)17-15(19)18-5-9-3-8-4-11(9)12(18)13(8)21-2/h7-9,11-13H,3-6H2,1-2H3,(H,16,17,19)/t8-,9-,11+,12-,13+/m0/s1. The number of carbonyl (C=O) groups is 1. The molecule has 1 aliphatic heterocycles. The van der Waals surface area contributed by atoms with Crippen molar-refractivity contribution < 1.29 is 14.3 Å². The van der Waals surface area contributed by atoms with E-state index in [0.717, 1.165) is 12.2 Å². The van der Waals surface area contributed by atoms with E-state index in [2.05, 4.69) is 10.3 Å². The van der Waals surface area contributed by atoms with Crippen molar-refractivity contribution >= 4 is 22.5 Å². The van der Waals surface area contributed by atoms with Gasteiger partial charge in [0.1, 0.15) is 0 Å². The average molecular weight is 323 g/mol. The predicted octanol–water partition coefficient (Wildman–Crippen LogP) is 2.18. The van der Waals surface area contributed by atoms with Gasteiger partial charge in [-0.1, -0.05) is 0 Å². The van der Waals surface area contributed by atoms with Crippen LogP contribution in [-0.4, -0.2) is 48.8 Å². The van der Waals surface area contributed by atoms with E-state index in [-0.39, 0.29) is 18.2 Å². The van der Waals surface area contributed by atoms with Crippen molar-refractivity contribution in [2.24, 2.45) is 17.8 Å². The SMILES string of the molecule is COCc1csc(NC(=O)N2C[C@@H]3C[C@H]4C[C@H]3[C@H]2[C@@H]4OC)n1. The number of aromatic nitrogens is 1. The summed E-state index contributed by atoms with van der Waals surface area (Å²) in [5, 5.41) is 5.49. The zero-order valence-corrected chi connectivity index (χ0v) is 13.6. The van der Waals surface area contributed by atoms with Crippen molar-refractivity contribution in [2.45, 2.75) is 31.6 Å². The first-order valence-corrected chi connectivity index (χ1v) is 8.63. The number of ether oxygens (including phenoxy) is 2. The van der Waals surface area contributed by atoms with Gasteiger partial charge in [0, 0.05) is 26.1 Å². The number of methoxy groups -OCH3 is 2. The molecule has 0 radical (unpaired) electrons. The third-order valence-corrected chi connectivity index (χ3v) is 6.21. The minimum atomic E-state index is -0.0413. The summed E-state index contributed by atoms with van der Waals surface area (Å²) in [5.74, 6) is 1.92. The molecule has 1 aromatic heterocycles. The van der Waals surface area contributed by atoms with Crippen LogP contribution in [0.3, 0.4) is 0 Å². The zero-order chi connectivity index (χ0) is 15.3. The van der Waals surface area contributed by atoms with Crippen LogP contribution in [0.15, 0.2) is 5.38 Å². The van der Waals surface area contributed by atoms with Crippen LogP contribution in [0, 0.1) is 17.8 Å². The maximum absolute atomic E-state index is 12.6. The van der Waals surface area contributed by atoms with Gasteiger partial charge >= 0.3 is 6.03 Å². The van der Waals surface area contributed by atoms with Gasteiger partial charge in [-0.3, -0.25) is 5.32 Å². The molecule has 6 nitrogen and oxygen atoms in total. The number of likely N-dealkylation sites (tertiary alicyclic amines) is 1. The van der Waals surface area contributed by atoms with Gasteiger partial charge in [-0.05, 0) is 30.6 Å². The highest BCUT2D eigenvalue weighted by Gasteiger charge is 2.60. The van der Waals surface area contributed by atoms with E-state index in [1.54, 1.807) is 14.2 Å². The summed E-state index contributed by atoms with van der Waals surface area (Å²) in [6.07, 6.45) is 2.63. The van der Waals surface area contributed by atoms with Crippen molar-refractivity contribution in [3.8, 4) is 0 Å². The summed E-state index contributed by atoms with van der Waals surface area (Å²) in [6.45, 7) is 1.32. The van der Waals surface area contributed by atoms with E-state index in [1.165, 1.54) is 24.2 Å². The summed E-state index contributed by atoms with van der Waals surface area (Å²) in [6, 6.07) is 0.201. The van der Waals surface area contributed by atoms with Gasteiger partial charge in [0.15, 0.2) is 5.13 Å². The summed E-state index contributed by atoms with van der Waals surface area (Å²) in [7, 11) is 3.41. The quantitative estimate of drug-likeness (QED) is 0.922. The van der Waals surface area contributed by atoms with Crippen molar-refractivity contribution in [3.05, 3.63) is 11.1 Å². The molecular formula is C15H21N3O3S. The number of hydrogen-bond acceptors (Lipinski definition) is 5. The highest BCUT2D eigenvalue weighted by Crippen LogP contribution is 2.55. The topological polar surface area (TPSA) is 63.7 Å². The first kappa shape index (κ1) is 14.4. The number of anilines is 1. The minimum absolute atomic E-state index is 0.0413. The molecule has 5 atom stereocenters. The molecule has 1 saturated heterocycles. The van der Waals surface area contributed by atoms with Crippen molar-refractivity contribution in [1.29, 1.82) is 0 Å². The van der Waals surface area contributed by atoms with E-state index < -0.39 is 0 Å². The molecule has 2 saturated carbocycles. The van der Waals surface area contributed by atoms with Crippen molar-refractivity contribution in [3.63, 3.8) is 0 Å². The van der Waals surface area contributed by atoms with E-state index >= 15 is 0 Å². The summed E-state index contributed by atoms with van der Waals surface area (Å²) in [4.78, 5) is 19.0. The molecule has 2 aliphatic carbocycles. The first-order chi connectivity index (χ1) is 10.7. The molecule has 2 bridgehead atoms. The Hall–Kier alpha value is -1.18. The Balaban J connectivity index is 1.46. The van der Waals surface area contributed by atoms with Gasteiger partial charge in [-0.2, -0.15) is 0 Å². The molecule has 2 amide bonds. The largest absolute Gasteiger partial charge is 0.379 e.